The summed E-state index contributed by atoms with van der Waals surface area (Å²) < 4.78 is 32.1. The van der Waals surface area contributed by atoms with E-state index < -0.39 is 24.0 Å². The summed E-state index contributed by atoms with van der Waals surface area (Å²) in [4.78, 5) is 11.6. The number of halogens is 2. The molecule has 1 saturated carbocycles. The Balaban J connectivity index is 1.91. The summed E-state index contributed by atoms with van der Waals surface area (Å²) in [5, 5.41) is 2.78. The zero-order valence-corrected chi connectivity index (χ0v) is 11.1. The standard InChI is InChI=1S/C14H18F2N2O2/c15-11-5-9(7-17)6-12(16)14(11)20-8-13(19)18-10-3-1-2-4-10/h5-6,10H,1-4,7-8,17H2,(H,18,19). The number of hydrogen-bond donors (Lipinski definition) is 2. The second kappa shape index (κ2) is 6.65. The smallest absolute Gasteiger partial charge is 0.258 e. The van der Waals surface area contributed by atoms with Crippen molar-refractivity contribution < 1.29 is 18.3 Å². The van der Waals surface area contributed by atoms with Crippen LogP contribution in [0.15, 0.2) is 12.1 Å². The monoisotopic (exact) mass is 284 g/mol. The summed E-state index contributed by atoms with van der Waals surface area (Å²) >= 11 is 0. The van der Waals surface area contributed by atoms with Gasteiger partial charge in [-0.25, -0.2) is 8.78 Å². The first-order valence-corrected chi connectivity index (χ1v) is 6.70. The van der Waals surface area contributed by atoms with E-state index in [-0.39, 0.29) is 18.5 Å². The normalized spacial score (nSPS) is 15.3. The predicted molar refractivity (Wildman–Crippen MR) is 70.1 cm³/mol. The average Bonchev–Trinajstić information content (AvgIpc) is 2.90. The summed E-state index contributed by atoms with van der Waals surface area (Å²) in [5.74, 6) is -2.60. The maximum absolute atomic E-state index is 13.6. The number of amides is 1. The van der Waals surface area contributed by atoms with Gasteiger partial charge >= 0.3 is 0 Å². The van der Waals surface area contributed by atoms with Crippen molar-refractivity contribution in [3.63, 3.8) is 0 Å². The van der Waals surface area contributed by atoms with Gasteiger partial charge in [-0.2, -0.15) is 0 Å². The van der Waals surface area contributed by atoms with Crippen molar-refractivity contribution in [1.82, 2.24) is 5.32 Å². The second-order valence-corrected chi connectivity index (χ2v) is 4.93. The highest BCUT2D eigenvalue weighted by Crippen LogP contribution is 2.23. The summed E-state index contributed by atoms with van der Waals surface area (Å²) in [6.45, 7) is -0.359. The van der Waals surface area contributed by atoms with Gasteiger partial charge < -0.3 is 15.8 Å². The Kier molecular flexibility index (Phi) is 4.89. The lowest BCUT2D eigenvalue weighted by Gasteiger charge is -2.13. The van der Waals surface area contributed by atoms with Crippen LogP contribution in [0, 0.1) is 11.6 Å². The molecule has 1 fully saturated rings. The Morgan fingerprint density at radius 3 is 2.45 bits per heavy atom. The van der Waals surface area contributed by atoms with Crippen LogP contribution in [0.2, 0.25) is 0 Å². The minimum absolute atomic E-state index is 0.0380. The molecule has 110 valence electrons. The van der Waals surface area contributed by atoms with E-state index in [2.05, 4.69) is 5.32 Å². The molecule has 0 aromatic heterocycles. The fourth-order valence-corrected chi connectivity index (χ4v) is 2.35. The van der Waals surface area contributed by atoms with E-state index in [1.54, 1.807) is 0 Å². The first kappa shape index (κ1) is 14.7. The topological polar surface area (TPSA) is 64.3 Å². The van der Waals surface area contributed by atoms with E-state index in [4.69, 9.17) is 10.5 Å². The van der Waals surface area contributed by atoms with Crippen LogP contribution in [0.3, 0.4) is 0 Å². The van der Waals surface area contributed by atoms with Gasteiger partial charge in [-0.05, 0) is 30.5 Å². The summed E-state index contributed by atoms with van der Waals surface area (Å²) in [7, 11) is 0. The van der Waals surface area contributed by atoms with Crippen LogP contribution in [-0.4, -0.2) is 18.6 Å². The minimum atomic E-state index is -0.848. The molecule has 20 heavy (non-hydrogen) atoms. The molecule has 0 atom stereocenters. The number of rotatable bonds is 5. The molecule has 0 unspecified atom stereocenters. The molecule has 4 nitrogen and oxygen atoms in total. The highest BCUT2D eigenvalue weighted by Gasteiger charge is 2.18. The Morgan fingerprint density at radius 1 is 1.30 bits per heavy atom. The lowest BCUT2D eigenvalue weighted by molar-refractivity contribution is -0.123. The first-order valence-electron chi connectivity index (χ1n) is 6.70. The molecule has 0 aliphatic heterocycles. The van der Waals surface area contributed by atoms with Gasteiger partial charge in [0.15, 0.2) is 24.0 Å². The summed E-state index contributed by atoms with van der Waals surface area (Å²) in [5.41, 5.74) is 5.65. The summed E-state index contributed by atoms with van der Waals surface area (Å²) in [6.07, 6.45) is 4.07. The van der Waals surface area contributed by atoms with Crippen molar-refractivity contribution in [2.45, 2.75) is 38.3 Å². The maximum atomic E-state index is 13.6. The molecule has 0 heterocycles. The molecule has 1 aromatic carbocycles. The van der Waals surface area contributed by atoms with Crippen molar-refractivity contribution in [3.8, 4) is 5.75 Å². The predicted octanol–water partition coefficient (Wildman–Crippen LogP) is 1.86. The van der Waals surface area contributed by atoms with E-state index in [0.717, 1.165) is 37.8 Å². The van der Waals surface area contributed by atoms with Gasteiger partial charge in [0.25, 0.3) is 5.91 Å². The van der Waals surface area contributed by atoms with E-state index in [1.807, 2.05) is 0 Å². The van der Waals surface area contributed by atoms with Gasteiger partial charge in [-0.3, -0.25) is 4.79 Å². The number of hydrogen-bond acceptors (Lipinski definition) is 3. The van der Waals surface area contributed by atoms with Crippen molar-refractivity contribution in [1.29, 1.82) is 0 Å². The van der Waals surface area contributed by atoms with Crippen molar-refractivity contribution in [2.75, 3.05) is 6.61 Å². The molecule has 0 saturated heterocycles. The van der Waals surface area contributed by atoms with Crippen LogP contribution in [0.25, 0.3) is 0 Å². The zero-order chi connectivity index (χ0) is 14.5. The number of ether oxygens (including phenoxy) is 1. The molecule has 1 aliphatic rings. The van der Waals surface area contributed by atoms with Gasteiger partial charge in [0, 0.05) is 12.6 Å². The summed E-state index contributed by atoms with van der Waals surface area (Å²) in [6, 6.07) is 2.36. The molecule has 0 radical (unpaired) electrons. The molecule has 0 bridgehead atoms. The fraction of sp³-hybridized carbons (Fsp3) is 0.500. The molecule has 1 amide bonds. The highest BCUT2D eigenvalue weighted by molar-refractivity contribution is 5.77. The van der Waals surface area contributed by atoms with Crippen molar-refractivity contribution in [2.24, 2.45) is 5.73 Å². The Bertz CT molecular complexity index is 465. The van der Waals surface area contributed by atoms with Gasteiger partial charge in [-0.1, -0.05) is 12.8 Å². The highest BCUT2D eigenvalue weighted by atomic mass is 19.1. The quantitative estimate of drug-likeness (QED) is 0.867. The van der Waals surface area contributed by atoms with Gasteiger partial charge in [0.1, 0.15) is 0 Å². The van der Waals surface area contributed by atoms with Crippen LogP contribution in [0.5, 0.6) is 5.75 Å². The molecule has 6 heteroatoms. The van der Waals surface area contributed by atoms with Crippen LogP contribution in [0.4, 0.5) is 8.78 Å². The first-order chi connectivity index (χ1) is 9.60. The molecule has 1 aliphatic carbocycles. The largest absolute Gasteiger partial charge is 0.478 e. The molecular weight excluding hydrogens is 266 g/mol. The number of carbonyl (C=O) groups excluding carboxylic acids is 1. The SMILES string of the molecule is NCc1cc(F)c(OCC(=O)NC2CCCC2)c(F)c1. The molecule has 2 rings (SSSR count). The van der Waals surface area contributed by atoms with Crippen molar-refractivity contribution >= 4 is 5.91 Å². The third-order valence-corrected chi connectivity index (χ3v) is 3.36. The molecular formula is C14H18F2N2O2. The van der Waals surface area contributed by atoms with E-state index in [9.17, 15) is 13.6 Å². The van der Waals surface area contributed by atoms with Crippen LogP contribution >= 0.6 is 0 Å². The number of nitrogens with two attached hydrogens (primary N) is 1. The van der Waals surface area contributed by atoms with Gasteiger partial charge in [0.2, 0.25) is 0 Å². The number of nitrogens with one attached hydrogen (secondary N) is 1. The Hall–Kier alpha value is -1.69. The van der Waals surface area contributed by atoms with E-state index in [1.165, 1.54) is 0 Å². The van der Waals surface area contributed by atoms with Crippen molar-refractivity contribution in [3.05, 3.63) is 29.3 Å². The number of benzene rings is 1. The van der Waals surface area contributed by atoms with Crippen LogP contribution < -0.4 is 15.8 Å². The van der Waals surface area contributed by atoms with E-state index in [0.29, 0.717) is 5.56 Å². The van der Waals surface area contributed by atoms with E-state index >= 15 is 0 Å². The van der Waals surface area contributed by atoms with Crippen LogP contribution in [0.1, 0.15) is 31.2 Å². The molecule has 1 aromatic rings. The second-order valence-electron chi connectivity index (χ2n) is 4.93. The Morgan fingerprint density at radius 2 is 1.90 bits per heavy atom. The lowest BCUT2D eigenvalue weighted by Crippen LogP contribution is -2.36. The lowest BCUT2D eigenvalue weighted by atomic mass is 10.2. The Labute approximate surface area is 116 Å². The molecule has 3 N–H and O–H groups in total. The minimum Gasteiger partial charge on any atom is -0.478 e. The fourth-order valence-electron chi connectivity index (χ4n) is 2.35. The third kappa shape index (κ3) is 3.66. The average molecular weight is 284 g/mol. The zero-order valence-electron chi connectivity index (χ0n) is 11.1. The van der Waals surface area contributed by atoms with Gasteiger partial charge in [-0.15, -0.1) is 0 Å². The third-order valence-electron chi connectivity index (χ3n) is 3.36. The van der Waals surface area contributed by atoms with Gasteiger partial charge in [0.05, 0.1) is 0 Å². The molecule has 0 spiro atoms. The maximum Gasteiger partial charge on any atom is 0.258 e. The number of carbonyl (C=O) groups is 1. The van der Waals surface area contributed by atoms with Crippen LogP contribution in [-0.2, 0) is 11.3 Å².